The van der Waals surface area contributed by atoms with Gasteiger partial charge in [-0.05, 0) is 18.3 Å². The normalized spacial score (nSPS) is 23.0. The molecule has 0 radical (unpaired) electrons. The first-order chi connectivity index (χ1) is 8.71. The van der Waals surface area contributed by atoms with Crippen molar-refractivity contribution in [1.82, 2.24) is 10.6 Å². The molecule has 0 spiro atoms. The average Bonchev–Trinajstić information content (AvgIpc) is 2.62. The Morgan fingerprint density at radius 1 is 1.37 bits per heavy atom. The number of urea groups is 1. The number of carboxylic acids is 1. The molecular weight excluding hydrogens is 272 g/mol. The molecule has 1 rings (SSSR count). The van der Waals surface area contributed by atoms with Gasteiger partial charge in [0.15, 0.2) is 9.84 Å². The largest absolute Gasteiger partial charge is 0.480 e. The summed E-state index contributed by atoms with van der Waals surface area (Å²) < 4.78 is 22.5. The van der Waals surface area contributed by atoms with Gasteiger partial charge >= 0.3 is 12.0 Å². The predicted molar refractivity (Wildman–Crippen MR) is 69.6 cm³/mol. The van der Waals surface area contributed by atoms with Crippen molar-refractivity contribution in [2.75, 3.05) is 18.1 Å². The van der Waals surface area contributed by atoms with Crippen LogP contribution in [0.1, 0.15) is 20.3 Å². The van der Waals surface area contributed by atoms with Crippen LogP contribution < -0.4 is 10.6 Å². The van der Waals surface area contributed by atoms with Crippen LogP contribution >= 0.6 is 0 Å². The number of hydrogen-bond donors (Lipinski definition) is 3. The van der Waals surface area contributed by atoms with Crippen LogP contribution in [0.25, 0.3) is 0 Å². The van der Waals surface area contributed by atoms with Gasteiger partial charge in [0.05, 0.1) is 11.5 Å². The van der Waals surface area contributed by atoms with Crippen LogP contribution in [0.15, 0.2) is 0 Å². The average molecular weight is 292 g/mol. The molecule has 3 N–H and O–H groups in total. The van der Waals surface area contributed by atoms with Crippen molar-refractivity contribution in [3.05, 3.63) is 0 Å². The van der Waals surface area contributed by atoms with Crippen LogP contribution in [0.4, 0.5) is 4.79 Å². The summed E-state index contributed by atoms with van der Waals surface area (Å²) in [4.78, 5) is 22.4. The summed E-state index contributed by atoms with van der Waals surface area (Å²) in [6.07, 6.45) is 0.537. The van der Waals surface area contributed by atoms with Crippen molar-refractivity contribution in [3.8, 4) is 0 Å². The van der Waals surface area contributed by atoms with Gasteiger partial charge in [-0.2, -0.15) is 0 Å². The molecule has 1 saturated heterocycles. The monoisotopic (exact) mass is 292 g/mol. The number of carbonyl (C=O) groups is 2. The highest BCUT2D eigenvalue weighted by atomic mass is 32.2. The van der Waals surface area contributed by atoms with Gasteiger partial charge < -0.3 is 15.7 Å². The predicted octanol–water partition coefficient (Wildman–Crippen LogP) is -0.170. The van der Waals surface area contributed by atoms with Gasteiger partial charge in [0, 0.05) is 6.54 Å². The lowest BCUT2D eigenvalue weighted by Gasteiger charge is -2.19. The second-order valence-corrected chi connectivity index (χ2v) is 7.41. The topological polar surface area (TPSA) is 113 Å². The fourth-order valence-electron chi connectivity index (χ4n) is 1.98. The molecule has 0 bridgehead atoms. The first kappa shape index (κ1) is 15.7. The van der Waals surface area contributed by atoms with E-state index in [4.69, 9.17) is 5.11 Å². The molecule has 1 fully saturated rings. The molecule has 8 heteroatoms. The molecule has 110 valence electrons. The van der Waals surface area contributed by atoms with Gasteiger partial charge in [0.25, 0.3) is 0 Å². The van der Waals surface area contributed by atoms with Gasteiger partial charge in [-0.25, -0.2) is 18.0 Å². The molecular formula is C11H20N2O5S. The summed E-state index contributed by atoms with van der Waals surface area (Å²) in [6, 6.07) is -1.53. The second kappa shape index (κ2) is 6.23. The zero-order valence-electron chi connectivity index (χ0n) is 11.0. The molecule has 1 heterocycles. The van der Waals surface area contributed by atoms with E-state index in [1.807, 2.05) is 0 Å². The second-order valence-electron chi connectivity index (χ2n) is 5.18. The molecule has 2 amide bonds. The third-order valence-corrected chi connectivity index (χ3v) is 4.93. The fourth-order valence-corrected chi connectivity index (χ4v) is 3.84. The SMILES string of the molecule is CC(C)[C@H](NC(=O)NCC1CCS(=O)(=O)C1)C(=O)O. The number of carbonyl (C=O) groups excluding carboxylic acids is 1. The summed E-state index contributed by atoms with van der Waals surface area (Å²) in [5, 5.41) is 13.8. The summed E-state index contributed by atoms with van der Waals surface area (Å²) in [6.45, 7) is 3.64. The van der Waals surface area contributed by atoms with Crippen LogP contribution in [-0.2, 0) is 14.6 Å². The molecule has 0 aromatic heterocycles. The number of amides is 2. The van der Waals surface area contributed by atoms with E-state index in [0.29, 0.717) is 6.42 Å². The number of aliphatic carboxylic acids is 1. The Balaban J connectivity index is 2.38. The Hall–Kier alpha value is -1.31. The summed E-state index contributed by atoms with van der Waals surface area (Å²) in [7, 11) is -2.96. The van der Waals surface area contributed by atoms with E-state index in [1.165, 1.54) is 0 Å². The van der Waals surface area contributed by atoms with E-state index in [2.05, 4.69) is 10.6 Å². The van der Waals surface area contributed by atoms with Crippen LogP contribution in [0.5, 0.6) is 0 Å². The van der Waals surface area contributed by atoms with Crippen LogP contribution in [0.2, 0.25) is 0 Å². The smallest absolute Gasteiger partial charge is 0.326 e. The van der Waals surface area contributed by atoms with Gasteiger partial charge in [-0.15, -0.1) is 0 Å². The molecule has 0 aromatic carbocycles. The van der Waals surface area contributed by atoms with Crippen LogP contribution in [-0.4, -0.2) is 49.6 Å². The number of carboxylic acid groups (broad SMARTS) is 1. The number of hydrogen-bond acceptors (Lipinski definition) is 4. The maximum atomic E-state index is 11.5. The van der Waals surface area contributed by atoms with Crippen molar-refractivity contribution in [2.24, 2.45) is 11.8 Å². The van der Waals surface area contributed by atoms with Crippen molar-refractivity contribution < 1.29 is 23.1 Å². The summed E-state index contributed by atoms with van der Waals surface area (Å²) >= 11 is 0. The van der Waals surface area contributed by atoms with Gasteiger partial charge in [-0.3, -0.25) is 0 Å². The van der Waals surface area contributed by atoms with Gasteiger partial charge in [-0.1, -0.05) is 13.8 Å². The Kier molecular flexibility index (Phi) is 5.16. The summed E-state index contributed by atoms with van der Waals surface area (Å²) in [5.41, 5.74) is 0. The lowest BCUT2D eigenvalue weighted by atomic mass is 10.1. The molecule has 1 aliphatic rings. The third-order valence-electron chi connectivity index (χ3n) is 3.10. The molecule has 19 heavy (non-hydrogen) atoms. The highest BCUT2D eigenvalue weighted by Gasteiger charge is 2.28. The van der Waals surface area contributed by atoms with E-state index in [1.54, 1.807) is 13.8 Å². The van der Waals surface area contributed by atoms with Gasteiger partial charge in [0.2, 0.25) is 0 Å². The molecule has 0 aromatic rings. The summed E-state index contributed by atoms with van der Waals surface area (Å²) in [5.74, 6) is -1.16. The van der Waals surface area contributed by atoms with Crippen LogP contribution in [0.3, 0.4) is 0 Å². The number of nitrogens with one attached hydrogen (secondary N) is 2. The number of sulfone groups is 1. The van der Waals surface area contributed by atoms with Gasteiger partial charge in [0.1, 0.15) is 6.04 Å². The first-order valence-corrected chi connectivity index (χ1v) is 8.01. The minimum absolute atomic E-state index is 0.0832. The van der Waals surface area contributed by atoms with E-state index in [0.717, 1.165) is 0 Å². The van der Waals surface area contributed by atoms with E-state index < -0.39 is 27.9 Å². The Morgan fingerprint density at radius 2 is 2.00 bits per heavy atom. The minimum Gasteiger partial charge on any atom is -0.480 e. The molecule has 1 aliphatic heterocycles. The van der Waals surface area contributed by atoms with E-state index in [9.17, 15) is 18.0 Å². The Labute approximate surface area is 112 Å². The lowest BCUT2D eigenvalue weighted by molar-refractivity contribution is -0.140. The van der Waals surface area contributed by atoms with E-state index in [-0.39, 0.29) is 29.9 Å². The highest BCUT2D eigenvalue weighted by molar-refractivity contribution is 7.91. The highest BCUT2D eigenvalue weighted by Crippen LogP contribution is 2.17. The quantitative estimate of drug-likeness (QED) is 0.651. The molecule has 0 aliphatic carbocycles. The standard InChI is InChI=1S/C11H20N2O5S/c1-7(2)9(10(14)15)13-11(16)12-5-8-3-4-19(17,18)6-8/h7-9H,3-6H2,1-2H3,(H,14,15)(H2,12,13,16)/t8?,9-/m0/s1. The van der Waals surface area contributed by atoms with Crippen molar-refractivity contribution >= 4 is 21.8 Å². The maximum absolute atomic E-state index is 11.5. The fraction of sp³-hybridized carbons (Fsp3) is 0.818. The van der Waals surface area contributed by atoms with E-state index >= 15 is 0 Å². The lowest BCUT2D eigenvalue weighted by Crippen LogP contribution is -2.49. The molecule has 0 saturated carbocycles. The Bertz CT molecular complexity index is 446. The minimum atomic E-state index is -2.96. The zero-order valence-corrected chi connectivity index (χ0v) is 11.9. The molecule has 7 nitrogen and oxygen atoms in total. The number of rotatable bonds is 5. The first-order valence-electron chi connectivity index (χ1n) is 6.19. The third kappa shape index (κ3) is 5.06. The van der Waals surface area contributed by atoms with Crippen molar-refractivity contribution in [3.63, 3.8) is 0 Å². The molecule has 2 atom stereocenters. The molecule has 1 unspecified atom stereocenters. The van der Waals surface area contributed by atoms with Crippen molar-refractivity contribution in [2.45, 2.75) is 26.3 Å². The van der Waals surface area contributed by atoms with Crippen molar-refractivity contribution in [1.29, 1.82) is 0 Å². The maximum Gasteiger partial charge on any atom is 0.326 e. The Morgan fingerprint density at radius 3 is 2.42 bits per heavy atom. The zero-order chi connectivity index (χ0) is 14.6. The van der Waals surface area contributed by atoms with Crippen LogP contribution in [0, 0.1) is 11.8 Å².